The fourth-order valence-electron chi connectivity index (χ4n) is 3.35. The normalized spacial score (nSPS) is 27.6. The van der Waals surface area contributed by atoms with Gasteiger partial charge in [0, 0.05) is 0 Å². The van der Waals surface area contributed by atoms with Gasteiger partial charge >= 0.3 is 0 Å². The molecule has 0 radical (unpaired) electrons. The first-order chi connectivity index (χ1) is 6.70. The fraction of sp³-hybridized carbons (Fsp3) is 1.00. The second-order valence-corrected chi connectivity index (χ2v) is 5.59. The highest BCUT2D eigenvalue weighted by molar-refractivity contribution is 4.89. The predicted octanol–water partition coefficient (Wildman–Crippen LogP) is 3.91. The van der Waals surface area contributed by atoms with Crippen molar-refractivity contribution >= 4 is 0 Å². The van der Waals surface area contributed by atoms with Crippen molar-refractivity contribution in [2.75, 3.05) is 0 Å². The summed E-state index contributed by atoms with van der Waals surface area (Å²) >= 11 is 0. The van der Waals surface area contributed by atoms with Crippen LogP contribution in [0.3, 0.4) is 0 Å². The Labute approximate surface area is 88.2 Å². The molecule has 1 spiro atoms. The lowest BCUT2D eigenvalue weighted by Gasteiger charge is -2.37. The van der Waals surface area contributed by atoms with E-state index in [1.807, 2.05) is 0 Å². The van der Waals surface area contributed by atoms with E-state index in [4.69, 9.17) is 4.74 Å². The number of hydrogen-bond donors (Lipinski definition) is 0. The molecule has 1 heteroatoms. The zero-order chi connectivity index (χ0) is 10.0. The van der Waals surface area contributed by atoms with E-state index in [0.717, 1.165) is 5.41 Å². The number of rotatable bonds is 2. The standard InChI is InChI=1S/C13H24O/c1-11(2)14-12-5-9-13(10-6-12)7-3-4-8-13/h11-12H,3-10H2,1-2H3. The molecule has 0 bridgehead atoms. The molecule has 0 heterocycles. The van der Waals surface area contributed by atoms with E-state index < -0.39 is 0 Å². The molecule has 0 amide bonds. The van der Waals surface area contributed by atoms with Crippen molar-refractivity contribution in [3.63, 3.8) is 0 Å². The summed E-state index contributed by atoms with van der Waals surface area (Å²) in [5.41, 5.74) is 0.761. The first kappa shape index (κ1) is 10.5. The third kappa shape index (κ3) is 2.31. The Balaban J connectivity index is 1.79. The summed E-state index contributed by atoms with van der Waals surface area (Å²) in [5.74, 6) is 0. The van der Waals surface area contributed by atoms with Crippen molar-refractivity contribution in [2.24, 2.45) is 5.41 Å². The SMILES string of the molecule is CC(C)OC1CCC2(CCCC2)CC1. The van der Waals surface area contributed by atoms with Crippen LogP contribution in [0.5, 0.6) is 0 Å². The lowest BCUT2D eigenvalue weighted by Crippen LogP contribution is -2.30. The summed E-state index contributed by atoms with van der Waals surface area (Å²) in [6, 6.07) is 0. The molecular formula is C13H24O. The Morgan fingerprint density at radius 3 is 2.07 bits per heavy atom. The lowest BCUT2D eigenvalue weighted by molar-refractivity contribution is -0.0343. The molecule has 2 aliphatic rings. The zero-order valence-corrected chi connectivity index (χ0v) is 9.72. The van der Waals surface area contributed by atoms with Crippen molar-refractivity contribution in [3.8, 4) is 0 Å². The van der Waals surface area contributed by atoms with Crippen molar-refractivity contribution in [2.45, 2.75) is 77.4 Å². The summed E-state index contributed by atoms with van der Waals surface area (Å²) < 4.78 is 5.89. The molecule has 0 aromatic rings. The molecule has 2 rings (SSSR count). The van der Waals surface area contributed by atoms with E-state index in [-0.39, 0.29) is 0 Å². The van der Waals surface area contributed by atoms with E-state index in [2.05, 4.69) is 13.8 Å². The van der Waals surface area contributed by atoms with Crippen LogP contribution in [0.1, 0.15) is 65.2 Å². The van der Waals surface area contributed by atoms with E-state index in [0.29, 0.717) is 12.2 Å². The highest BCUT2D eigenvalue weighted by Gasteiger charge is 2.37. The van der Waals surface area contributed by atoms with Crippen molar-refractivity contribution in [3.05, 3.63) is 0 Å². The molecule has 2 fully saturated rings. The molecule has 0 N–H and O–H groups in total. The third-order valence-corrected chi connectivity index (χ3v) is 4.12. The average Bonchev–Trinajstić information content (AvgIpc) is 2.58. The Kier molecular flexibility index (Phi) is 3.16. The lowest BCUT2D eigenvalue weighted by atomic mass is 9.72. The van der Waals surface area contributed by atoms with Crippen molar-refractivity contribution in [1.82, 2.24) is 0 Å². The molecule has 0 aliphatic heterocycles. The molecular weight excluding hydrogens is 172 g/mol. The maximum atomic E-state index is 5.89. The van der Waals surface area contributed by atoms with Gasteiger partial charge in [-0.15, -0.1) is 0 Å². The van der Waals surface area contributed by atoms with Crippen LogP contribution in [-0.2, 0) is 4.74 Å². The summed E-state index contributed by atoms with van der Waals surface area (Å²) in [6.07, 6.45) is 12.5. The Morgan fingerprint density at radius 1 is 1.00 bits per heavy atom. The van der Waals surface area contributed by atoms with Crippen LogP contribution in [0.2, 0.25) is 0 Å². The van der Waals surface area contributed by atoms with Gasteiger partial charge < -0.3 is 4.74 Å². The maximum Gasteiger partial charge on any atom is 0.0579 e. The van der Waals surface area contributed by atoms with Crippen LogP contribution in [-0.4, -0.2) is 12.2 Å². The second kappa shape index (κ2) is 4.22. The van der Waals surface area contributed by atoms with Crippen LogP contribution in [0.25, 0.3) is 0 Å². The van der Waals surface area contributed by atoms with Crippen LogP contribution >= 0.6 is 0 Å². The molecule has 2 saturated carbocycles. The topological polar surface area (TPSA) is 9.23 Å². The summed E-state index contributed by atoms with van der Waals surface area (Å²) in [7, 11) is 0. The van der Waals surface area contributed by atoms with E-state index in [1.165, 1.54) is 51.4 Å². The van der Waals surface area contributed by atoms with Crippen molar-refractivity contribution < 1.29 is 4.74 Å². The minimum atomic E-state index is 0.414. The van der Waals surface area contributed by atoms with Gasteiger partial charge in [0.1, 0.15) is 0 Å². The molecule has 0 aromatic heterocycles. The van der Waals surface area contributed by atoms with Crippen molar-refractivity contribution in [1.29, 1.82) is 0 Å². The third-order valence-electron chi connectivity index (χ3n) is 4.12. The minimum Gasteiger partial charge on any atom is -0.376 e. The Morgan fingerprint density at radius 2 is 1.57 bits per heavy atom. The molecule has 0 saturated heterocycles. The maximum absolute atomic E-state index is 5.89. The average molecular weight is 196 g/mol. The monoisotopic (exact) mass is 196 g/mol. The highest BCUT2D eigenvalue weighted by Crippen LogP contribution is 2.49. The predicted molar refractivity (Wildman–Crippen MR) is 59.4 cm³/mol. The number of hydrogen-bond acceptors (Lipinski definition) is 1. The second-order valence-electron chi connectivity index (χ2n) is 5.59. The minimum absolute atomic E-state index is 0.414. The largest absolute Gasteiger partial charge is 0.376 e. The first-order valence-corrected chi connectivity index (χ1v) is 6.36. The van der Waals surface area contributed by atoms with Crippen LogP contribution in [0, 0.1) is 5.41 Å². The van der Waals surface area contributed by atoms with Gasteiger partial charge in [-0.1, -0.05) is 12.8 Å². The smallest absolute Gasteiger partial charge is 0.0579 e. The zero-order valence-electron chi connectivity index (χ0n) is 9.72. The van der Waals surface area contributed by atoms with Gasteiger partial charge in [-0.3, -0.25) is 0 Å². The molecule has 0 aromatic carbocycles. The first-order valence-electron chi connectivity index (χ1n) is 6.36. The van der Waals surface area contributed by atoms with Crippen LogP contribution < -0.4 is 0 Å². The van der Waals surface area contributed by atoms with Crippen LogP contribution in [0.4, 0.5) is 0 Å². The van der Waals surface area contributed by atoms with Gasteiger partial charge in [0.25, 0.3) is 0 Å². The fourth-order valence-corrected chi connectivity index (χ4v) is 3.35. The summed E-state index contributed by atoms with van der Waals surface area (Å²) in [6.45, 7) is 4.31. The number of ether oxygens (including phenoxy) is 1. The quantitative estimate of drug-likeness (QED) is 0.650. The summed E-state index contributed by atoms with van der Waals surface area (Å²) in [5, 5.41) is 0. The summed E-state index contributed by atoms with van der Waals surface area (Å²) in [4.78, 5) is 0. The van der Waals surface area contributed by atoms with E-state index in [9.17, 15) is 0 Å². The molecule has 1 nitrogen and oxygen atoms in total. The molecule has 2 aliphatic carbocycles. The molecule has 82 valence electrons. The van der Waals surface area contributed by atoms with Gasteiger partial charge in [-0.25, -0.2) is 0 Å². The van der Waals surface area contributed by atoms with Gasteiger partial charge in [0.05, 0.1) is 12.2 Å². The molecule has 0 unspecified atom stereocenters. The van der Waals surface area contributed by atoms with Gasteiger partial charge in [0.2, 0.25) is 0 Å². The highest BCUT2D eigenvalue weighted by atomic mass is 16.5. The van der Waals surface area contributed by atoms with Crippen LogP contribution in [0.15, 0.2) is 0 Å². The van der Waals surface area contributed by atoms with E-state index >= 15 is 0 Å². The van der Waals surface area contributed by atoms with Gasteiger partial charge in [0.15, 0.2) is 0 Å². The Hall–Kier alpha value is -0.0400. The Bertz CT molecular complexity index is 170. The van der Waals surface area contributed by atoms with Gasteiger partial charge in [-0.05, 0) is 57.8 Å². The van der Waals surface area contributed by atoms with Gasteiger partial charge in [-0.2, -0.15) is 0 Å². The van der Waals surface area contributed by atoms with E-state index in [1.54, 1.807) is 0 Å². The molecule has 14 heavy (non-hydrogen) atoms. The molecule has 0 atom stereocenters.